The van der Waals surface area contributed by atoms with Gasteiger partial charge in [0.15, 0.2) is 5.78 Å². The van der Waals surface area contributed by atoms with Crippen LogP contribution in [0.1, 0.15) is 16.6 Å². The Kier molecular flexibility index (Phi) is 3.85. The number of hydrogen-bond donors (Lipinski definition) is 2. The lowest BCUT2D eigenvalue weighted by atomic mass is 10.1. The van der Waals surface area contributed by atoms with E-state index in [4.69, 9.17) is 11.6 Å². The average molecular weight is 276 g/mol. The molecule has 2 N–H and O–H groups in total. The van der Waals surface area contributed by atoms with Crippen molar-refractivity contribution in [2.45, 2.75) is 25.2 Å². The molecule has 2 heterocycles. The van der Waals surface area contributed by atoms with Crippen LogP contribution in [0.3, 0.4) is 0 Å². The number of thiophene rings is 1. The third kappa shape index (κ3) is 2.69. The lowest BCUT2D eigenvalue weighted by Crippen LogP contribution is -2.37. The van der Waals surface area contributed by atoms with Crippen LogP contribution in [-0.2, 0) is 0 Å². The molecule has 1 aliphatic heterocycles. The molecule has 3 unspecified atom stereocenters. The Bertz CT molecular complexity index is 413. The number of rotatable bonds is 3. The molecule has 3 atom stereocenters. The molecule has 0 aromatic carbocycles. The van der Waals surface area contributed by atoms with Crippen LogP contribution in [0.25, 0.3) is 0 Å². The molecule has 4 nitrogen and oxygen atoms in total. The summed E-state index contributed by atoms with van der Waals surface area (Å²) >= 11 is 7.04. The average Bonchev–Trinajstić information content (AvgIpc) is 2.85. The molecule has 1 aliphatic rings. The molecule has 6 heteroatoms. The number of hydrogen-bond acceptors (Lipinski definition) is 5. The number of carbonyl (C=O) groups excluding carboxylic acids is 1. The Morgan fingerprint density at radius 3 is 2.53 bits per heavy atom. The highest BCUT2D eigenvalue weighted by Crippen LogP contribution is 2.24. The van der Waals surface area contributed by atoms with Gasteiger partial charge in [0, 0.05) is 13.1 Å². The summed E-state index contributed by atoms with van der Waals surface area (Å²) in [6.07, 6.45) is -1.53. The molecule has 0 radical (unpaired) electrons. The zero-order chi connectivity index (χ0) is 12.6. The van der Waals surface area contributed by atoms with E-state index in [0.29, 0.717) is 22.3 Å². The van der Waals surface area contributed by atoms with Crippen molar-refractivity contribution in [3.8, 4) is 0 Å². The number of aliphatic hydroxyl groups is 2. The lowest BCUT2D eigenvalue weighted by Gasteiger charge is -2.21. The van der Waals surface area contributed by atoms with Crippen molar-refractivity contribution in [2.75, 3.05) is 13.1 Å². The largest absolute Gasteiger partial charge is 0.389 e. The second-order valence-corrected chi connectivity index (χ2v) is 5.95. The first-order valence-electron chi connectivity index (χ1n) is 5.38. The maximum Gasteiger partial charge on any atom is 0.189 e. The topological polar surface area (TPSA) is 60.8 Å². The Hall–Kier alpha value is -0.460. The summed E-state index contributed by atoms with van der Waals surface area (Å²) in [5, 5.41) is 18.9. The summed E-state index contributed by atoms with van der Waals surface area (Å²) in [5.74, 6) is -0.0248. The van der Waals surface area contributed by atoms with E-state index < -0.39 is 12.2 Å². The van der Waals surface area contributed by atoms with Crippen LogP contribution in [0.4, 0.5) is 0 Å². The van der Waals surface area contributed by atoms with Crippen molar-refractivity contribution in [3.05, 3.63) is 21.3 Å². The number of nitrogens with zero attached hydrogens (tertiary/aromatic N) is 1. The van der Waals surface area contributed by atoms with Gasteiger partial charge < -0.3 is 10.2 Å². The first-order valence-corrected chi connectivity index (χ1v) is 6.58. The zero-order valence-corrected chi connectivity index (χ0v) is 10.9. The molecule has 1 saturated heterocycles. The molecule has 94 valence electrons. The van der Waals surface area contributed by atoms with Gasteiger partial charge in [-0.2, -0.15) is 0 Å². The van der Waals surface area contributed by atoms with E-state index in [2.05, 4.69) is 0 Å². The highest BCUT2D eigenvalue weighted by atomic mass is 35.5. The number of aliphatic hydroxyl groups excluding tert-OH is 2. The quantitative estimate of drug-likeness (QED) is 0.809. The van der Waals surface area contributed by atoms with Crippen LogP contribution >= 0.6 is 22.9 Å². The van der Waals surface area contributed by atoms with Gasteiger partial charge >= 0.3 is 0 Å². The molecule has 1 aromatic rings. The van der Waals surface area contributed by atoms with Crippen molar-refractivity contribution in [1.29, 1.82) is 0 Å². The van der Waals surface area contributed by atoms with Gasteiger partial charge in [-0.25, -0.2) is 0 Å². The zero-order valence-electron chi connectivity index (χ0n) is 9.34. The standard InChI is InChI=1S/C11H14ClNO3S/c1-6(13-4-7(14)8(15)5-13)11(16)9-2-3-10(12)17-9/h2-3,6-8,14-15H,4-5H2,1H3. The highest BCUT2D eigenvalue weighted by Gasteiger charge is 2.35. The van der Waals surface area contributed by atoms with Gasteiger partial charge in [0.05, 0.1) is 27.5 Å². The Balaban J connectivity index is 2.05. The summed E-state index contributed by atoms with van der Waals surface area (Å²) in [7, 11) is 0. The Morgan fingerprint density at radius 2 is 2.06 bits per heavy atom. The smallest absolute Gasteiger partial charge is 0.189 e. The van der Waals surface area contributed by atoms with E-state index in [-0.39, 0.29) is 11.8 Å². The molecule has 0 amide bonds. The maximum atomic E-state index is 12.1. The Labute approximate surface area is 108 Å². The molecular formula is C11H14ClNO3S. The van der Waals surface area contributed by atoms with Gasteiger partial charge in [-0.1, -0.05) is 11.6 Å². The molecule has 1 fully saturated rings. The maximum absolute atomic E-state index is 12.1. The normalized spacial score (nSPS) is 27.3. The van der Waals surface area contributed by atoms with Crippen molar-refractivity contribution in [3.63, 3.8) is 0 Å². The van der Waals surface area contributed by atoms with Crippen molar-refractivity contribution < 1.29 is 15.0 Å². The van der Waals surface area contributed by atoms with E-state index in [1.807, 2.05) is 0 Å². The monoisotopic (exact) mass is 275 g/mol. The minimum atomic E-state index is -0.767. The van der Waals surface area contributed by atoms with Gasteiger partial charge in [-0.05, 0) is 19.1 Å². The molecular weight excluding hydrogens is 262 g/mol. The fourth-order valence-electron chi connectivity index (χ4n) is 1.93. The number of halogens is 1. The van der Waals surface area contributed by atoms with Gasteiger partial charge in [0.1, 0.15) is 0 Å². The van der Waals surface area contributed by atoms with Crippen LogP contribution < -0.4 is 0 Å². The molecule has 17 heavy (non-hydrogen) atoms. The third-order valence-electron chi connectivity index (χ3n) is 3.03. The SMILES string of the molecule is CC(C(=O)c1ccc(Cl)s1)N1CC(O)C(O)C1. The second-order valence-electron chi connectivity index (χ2n) is 4.23. The van der Waals surface area contributed by atoms with Crippen LogP contribution in [0.15, 0.2) is 12.1 Å². The molecule has 0 aliphatic carbocycles. The van der Waals surface area contributed by atoms with Crippen LogP contribution in [0.2, 0.25) is 4.34 Å². The van der Waals surface area contributed by atoms with Crippen molar-refractivity contribution >= 4 is 28.7 Å². The number of carbonyl (C=O) groups is 1. The van der Waals surface area contributed by atoms with Gasteiger partial charge in [0.25, 0.3) is 0 Å². The molecule has 0 spiro atoms. The number of β-amino-alcohol motifs (C(OH)–C–C–N with tert-alkyl or cyclic N) is 2. The third-order valence-corrected chi connectivity index (χ3v) is 4.28. The van der Waals surface area contributed by atoms with E-state index in [1.54, 1.807) is 24.0 Å². The minimum absolute atomic E-state index is 0.0248. The van der Waals surface area contributed by atoms with Crippen LogP contribution in [-0.4, -0.2) is 52.2 Å². The van der Waals surface area contributed by atoms with E-state index in [0.717, 1.165) is 0 Å². The summed E-state index contributed by atoms with van der Waals surface area (Å²) in [6.45, 7) is 2.43. The van der Waals surface area contributed by atoms with Crippen LogP contribution in [0, 0.1) is 0 Å². The fourth-order valence-corrected chi connectivity index (χ4v) is 3.00. The fraction of sp³-hybridized carbons (Fsp3) is 0.545. The van der Waals surface area contributed by atoms with E-state index >= 15 is 0 Å². The second kappa shape index (κ2) is 5.04. The summed E-state index contributed by atoms with van der Waals surface area (Å²) < 4.78 is 0.585. The predicted octanol–water partition coefficient (Wildman–Crippen LogP) is 1.01. The predicted molar refractivity (Wildman–Crippen MR) is 66.7 cm³/mol. The number of Topliss-reactive ketones (excluding diaryl/α,β-unsaturated/α-hetero) is 1. The summed E-state index contributed by atoms with van der Waals surface area (Å²) in [6, 6.07) is 3.05. The Morgan fingerprint density at radius 1 is 1.47 bits per heavy atom. The molecule has 2 rings (SSSR count). The lowest BCUT2D eigenvalue weighted by molar-refractivity contribution is 0.0572. The van der Waals surface area contributed by atoms with E-state index in [9.17, 15) is 15.0 Å². The van der Waals surface area contributed by atoms with Gasteiger partial charge in [0.2, 0.25) is 0 Å². The summed E-state index contributed by atoms with van der Waals surface area (Å²) in [4.78, 5) is 14.5. The first-order chi connectivity index (χ1) is 7.99. The van der Waals surface area contributed by atoms with Gasteiger partial charge in [-0.3, -0.25) is 9.69 Å². The van der Waals surface area contributed by atoms with Crippen molar-refractivity contribution in [2.24, 2.45) is 0 Å². The highest BCUT2D eigenvalue weighted by molar-refractivity contribution is 7.18. The van der Waals surface area contributed by atoms with E-state index in [1.165, 1.54) is 11.3 Å². The number of ketones is 1. The summed E-state index contributed by atoms with van der Waals surface area (Å²) in [5.41, 5.74) is 0. The first kappa shape index (κ1) is 13.0. The van der Waals surface area contributed by atoms with Gasteiger partial charge in [-0.15, -0.1) is 11.3 Å². The minimum Gasteiger partial charge on any atom is -0.389 e. The van der Waals surface area contributed by atoms with Crippen molar-refractivity contribution in [1.82, 2.24) is 4.90 Å². The molecule has 0 saturated carbocycles. The molecule has 1 aromatic heterocycles. The number of likely N-dealkylation sites (tertiary alicyclic amines) is 1. The molecule has 0 bridgehead atoms. The van der Waals surface area contributed by atoms with Crippen LogP contribution in [0.5, 0.6) is 0 Å².